The number of hydrogen-bond donors (Lipinski definition) is 0. The summed E-state index contributed by atoms with van der Waals surface area (Å²) < 4.78 is 10.8. The number of nitrogens with zero attached hydrogens (tertiary/aromatic N) is 3. The Kier molecular flexibility index (Phi) is 4.81. The van der Waals surface area contributed by atoms with Crippen molar-refractivity contribution >= 4 is 22.7 Å². The summed E-state index contributed by atoms with van der Waals surface area (Å²) >= 11 is 1.59. The van der Waals surface area contributed by atoms with Gasteiger partial charge in [0.25, 0.3) is 0 Å². The van der Waals surface area contributed by atoms with Crippen LogP contribution in [0.25, 0.3) is 22.3 Å². The summed E-state index contributed by atoms with van der Waals surface area (Å²) in [4.78, 5) is 9.30. The monoisotopic (exact) mass is 377 g/mol. The molecule has 0 unspecified atom stereocenters. The third-order valence-electron chi connectivity index (χ3n) is 4.38. The highest BCUT2D eigenvalue weighted by atomic mass is 32.2. The normalized spacial score (nSPS) is 11.1. The number of aromatic nitrogens is 3. The summed E-state index contributed by atoms with van der Waals surface area (Å²) in [6.45, 7) is 4.20. The topological polar surface area (TPSA) is 61.0 Å². The molecule has 4 rings (SSSR count). The third-order valence-corrected chi connectivity index (χ3v) is 5.28. The minimum absolute atomic E-state index is 0.529. The van der Waals surface area contributed by atoms with Crippen molar-refractivity contribution in [1.82, 2.24) is 15.1 Å². The average Bonchev–Trinajstić information content (AvgIpc) is 3.16. The summed E-state index contributed by atoms with van der Waals surface area (Å²) in [5, 5.41) is 6.23. The lowest BCUT2D eigenvalue weighted by atomic mass is 10.1. The van der Waals surface area contributed by atoms with Crippen LogP contribution in [0.15, 0.2) is 58.1 Å². The van der Waals surface area contributed by atoms with Gasteiger partial charge in [-0.25, -0.2) is 4.98 Å². The molecule has 6 heteroatoms. The summed E-state index contributed by atoms with van der Waals surface area (Å²) in [7, 11) is 1.63. The summed E-state index contributed by atoms with van der Waals surface area (Å²) in [6, 6.07) is 16.0. The number of hydrogen-bond acceptors (Lipinski definition) is 6. The Morgan fingerprint density at radius 1 is 1.00 bits per heavy atom. The van der Waals surface area contributed by atoms with Crippen LogP contribution in [0.5, 0.6) is 5.75 Å². The van der Waals surface area contributed by atoms with E-state index in [9.17, 15) is 0 Å². The molecule has 2 aromatic heterocycles. The van der Waals surface area contributed by atoms with Crippen LogP contribution in [-0.4, -0.2) is 22.2 Å². The lowest BCUT2D eigenvalue weighted by Gasteiger charge is -2.07. The molecule has 0 bridgehead atoms. The van der Waals surface area contributed by atoms with E-state index in [1.54, 1.807) is 18.9 Å². The second-order valence-electron chi connectivity index (χ2n) is 6.25. The number of fused-ring (bicyclic) bond motifs is 1. The number of aryl methyl sites for hydroxylation is 2. The van der Waals surface area contributed by atoms with E-state index in [1.165, 1.54) is 16.5 Å². The molecule has 0 atom stereocenters. The maximum Gasteiger partial charge on any atom is 0.237 e. The second-order valence-corrected chi connectivity index (χ2v) is 7.24. The molecule has 136 valence electrons. The largest absolute Gasteiger partial charge is 0.496 e. The third kappa shape index (κ3) is 3.53. The van der Waals surface area contributed by atoms with E-state index in [1.807, 2.05) is 24.3 Å². The van der Waals surface area contributed by atoms with Crippen LogP contribution in [0.3, 0.4) is 0 Å². The minimum atomic E-state index is 0.529. The van der Waals surface area contributed by atoms with E-state index in [2.05, 4.69) is 48.3 Å². The number of pyridine rings is 1. The van der Waals surface area contributed by atoms with Crippen LogP contribution >= 0.6 is 11.8 Å². The zero-order chi connectivity index (χ0) is 18.8. The van der Waals surface area contributed by atoms with E-state index < -0.39 is 0 Å². The smallest absolute Gasteiger partial charge is 0.237 e. The number of rotatable bonds is 5. The van der Waals surface area contributed by atoms with Gasteiger partial charge in [-0.05, 0) is 43.2 Å². The molecule has 0 saturated heterocycles. The van der Waals surface area contributed by atoms with Crippen molar-refractivity contribution in [3.05, 3.63) is 65.5 Å². The first-order valence-electron chi connectivity index (χ1n) is 8.61. The van der Waals surface area contributed by atoms with Crippen LogP contribution in [0.1, 0.15) is 17.0 Å². The highest BCUT2D eigenvalue weighted by molar-refractivity contribution is 7.98. The zero-order valence-electron chi connectivity index (χ0n) is 15.4. The Labute approximate surface area is 161 Å². The van der Waals surface area contributed by atoms with Gasteiger partial charge in [-0.2, -0.15) is 4.98 Å². The van der Waals surface area contributed by atoms with Gasteiger partial charge in [-0.3, -0.25) is 0 Å². The summed E-state index contributed by atoms with van der Waals surface area (Å²) in [5.74, 6) is 2.37. The number of para-hydroxylation sites is 2. The first-order chi connectivity index (χ1) is 13.2. The Morgan fingerprint density at radius 3 is 2.70 bits per heavy atom. The fraction of sp³-hybridized carbons (Fsp3) is 0.190. The van der Waals surface area contributed by atoms with Gasteiger partial charge in [0.15, 0.2) is 0 Å². The van der Waals surface area contributed by atoms with E-state index in [0.717, 1.165) is 21.9 Å². The molecule has 5 nitrogen and oxygen atoms in total. The van der Waals surface area contributed by atoms with Gasteiger partial charge in [-0.15, -0.1) is 0 Å². The molecular formula is C21H19N3O2S. The zero-order valence-corrected chi connectivity index (χ0v) is 16.2. The Balaban J connectivity index is 1.56. The molecular weight excluding hydrogens is 358 g/mol. The molecule has 2 heterocycles. The number of ether oxygens (including phenoxy) is 1. The quantitative estimate of drug-likeness (QED) is 0.445. The summed E-state index contributed by atoms with van der Waals surface area (Å²) in [6.07, 6.45) is 0. The molecule has 2 aromatic carbocycles. The first kappa shape index (κ1) is 17.5. The maximum absolute atomic E-state index is 5.42. The number of benzene rings is 2. The molecule has 27 heavy (non-hydrogen) atoms. The molecule has 4 aromatic rings. The van der Waals surface area contributed by atoms with Crippen LogP contribution < -0.4 is 4.74 Å². The molecule has 0 saturated carbocycles. The predicted octanol–water partition coefficient (Wildman–Crippen LogP) is 5.20. The number of methoxy groups -OCH3 is 1. The van der Waals surface area contributed by atoms with E-state index in [4.69, 9.17) is 14.2 Å². The van der Waals surface area contributed by atoms with Gasteiger partial charge < -0.3 is 9.26 Å². The summed E-state index contributed by atoms with van der Waals surface area (Å²) in [5.41, 5.74) is 4.25. The first-order valence-corrected chi connectivity index (χ1v) is 9.60. The molecule has 0 radical (unpaired) electrons. The highest BCUT2D eigenvalue weighted by Crippen LogP contribution is 2.30. The van der Waals surface area contributed by atoms with E-state index in [0.29, 0.717) is 17.5 Å². The van der Waals surface area contributed by atoms with Crippen molar-refractivity contribution < 1.29 is 9.26 Å². The predicted molar refractivity (Wildman–Crippen MR) is 107 cm³/mol. The fourth-order valence-electron chi connectivity index (χ4n) is 2.99. The lowest BCUT2D eigenvalue weighted by Crippen LogP contribution is -1.91. The lowest BCUT2D eigenvalue weighted by molar-refractivity contribution is 0.390. The van der Waals surface area contributed by atoms with Gasteiger partial charge in [0, 0.05) is 5.39 Å². The van der Waals surface area contributed by atoms with Crippen molar-refractivity contribution in [2.24, 2.45) is 0 Å². The van der Waals surface area contributed by atoms with Crippen molar-refractivity contribution in [3.8, 4) is 17.1 Å². The average molecular weight is 377 g/mol. The molecule has 0 aliphatic rings. The van der Waals surface area contributed by atoms with Crippen molar-refractivity contribution in [2.45, 2.75) is 24.6 Å². The molecule has 0 amide bonds. The Morgan fingerprint density at radius 2 is 1.85 bits per heavy atom. The van der Waals surface area contributed by atoms with Crippen LogP contribution in [0.2, 0.25) is 0 Å². The Bertz CT molecular complexity index is 1110. The molecule has 0 spiro atoms. The van der Waals surface area contributed by atoms with Crippen LogP contribution in [0.4, 0.5) is 0 Å². The van der Waals surface area contributed by atoms with Gasteiger partial charge >= 0.3 is 0 Å². The van der Waals surface area contributed by atoms with Gasteiger partial charge in [0.05, 0.1) is 29.0 Å². The van der Waals surface area contributed by atoms with Crippen molar-refractivity contribution in [1.29, 1.82) is 0 Å². The van der Waals surface area contributed by atoms with Crippen LogP contribution in [-0.2, 0) is 5.75 Å². The van der Waals surface area contributed by atoms with Gasteiger partial charge in [0.2, 0.25) is 11.7 Å². The minimum Gasteiger partial charge on any atom is -0.496 e. The Hall–Kier alpha value is -2.86. The van der Waals surface area contributed by atoms with E-state index >= 15 is 0 Å². The molecule has 0 aliphatic heterocycles. The second kappa shape index (κ2) is 7.40. The highest BCUT2D eigenvalue weighted by Gasteiger charge is 2.14. The standard InChI is InChI=1S/C21H19N3O2S/c1-13-7-6-9-15-14(2)11-19(23-20(13)15)27-12-18-22-21(24-26-18)16-8-4-5-10-17(16)25-3/h4-11H,12H2,1-3H3. The fourth-order valence-corrected chi connectivity index (χ4v) is 3.80. The van der Waals surface area contributed by atoms with Gasteiger partial charge in [0.1, 0.15) is 5.75 Å². The molecule has 0 fully saturated rings. The maximum atomic E-state index is 5.42. The van der Waals surface area contributed by atoms with E-state index in [-0.39, 0.29) is 0 Å². The van der Waals surface area contributed by atoms with Crippen LogP contribution in [0, 0.1) is 13.8 Å². The van der Waals surface area contributed by atoms with Crippen molar-refractivity contribution in [2.75, 3.05) is 7.11 Å². The molecule has 0 N–H and O–H groups in total. The molecule has 0 aliphatic carbocycles. The SMILES string of the molecule is COc1ccccc1-c1noc(CSc2cc(C)c3cccc(C)c3n2)n1. The number of thioether (sulfide) groups is 1. The van der Waals surface area contributed by atoms with Gasteiger partial charge in [-0.1, -0.05) is 47.3 Å². The van der Waals surface area contributed by atoms with Crippen molar-refractivity contribution in [3.63, 3.8) is 0 Å².